The molecule has 0 spiro atoms. The van der Waals surface area contributed by atoms with E-state index < -0.39 is 0 Å². The van der Waals surface area contributed by atoms with Gasteiger partial charge in [0.05, 0.1) is 0 Å². The van der Waals surface area contributed by atoms with E-state index >= 15 is 0 Å². The molecule has 6 heteroatoms. The molecule has 2 heterocycles. The van der Waals surface area contributed by atoms with Gasteiger partial charge in [-0.2, -0.15) is 0 Å². The van der Waals surface area contributed by atoms with Gasteiger partial charge in [-0.3, -0.25) is 4.79 Å². The van der Waals surface area contributed by atoms with Crippen LogP contribution in [-0.4, -0.2) is 39.6 Å². The molecule has 0 bridgehead atoms. The third-order valence-electron chi connectivity index (χ3n) is 8.64. The summed E-state index contributed by atoms with van der Waals surface area (Å²) in [5, 5.41) is 13.5. The van der Waals surface area contributed by atoms with Gasteiger partial charge in [0.2, 0.25) is 0 Å². The summed E-state index contributed by atoms with van der Waals surface area (Å²) in [7, 11) is 6.06. The molecule has 1 unspecified atom stereocenters. The summed E-state index contributed by atoms with van der Waals surface area (Å²) in [6.45, 7) is 15.6. The van der Waals surface area contributed by atoms with E-state index in [0.717, 1.165) is 46.0 Å². The van der Waals surface area contributed by atoms with Crippen LogP contribution in [0.4, 0.5) is 11.4 Å². The van der Waals surface area contributed by atoms with Gasteiger partial charge in [-0.05, 0) is 103 Å². The van der Waals surface area contributed by atoms with Crippen LogP contribution in [-0.2, 0) is 14.3 Å². The molecular weight excluding hydrogens is 584 g/mol. The maximum atomic E-state index is 13.5. The Labute approximate surface area is 280 Å². The fraction of sp³-hybridized carbons (Fsp3) is 0.341. The molecule has 0 aromatic heterocycles. The summed E-state index contributed by atoms with van der Waals surface area (Å²) in [5.74, 6) is 1.64. The molecule has 0 saturated heterocycles. The Bertz CT molecular complexity index is 1760. The molecule has 246 valence electrons. The van der Waals surface area contributed by atoms with E-state index in [1.54, 1.807) is 12.2 Å². The predicted octanol–water partition coefficient (Wildman–Crippen LogP) is 7.97. The fourth-order valence-corrected chi connectivity index (χ4v) is 5.38. The molecule has 2 aromatic rings. The SMILES string of the molecule is CCN(C)c1ccc(C2=CC(C=C3C(=O)C(/C=C4\C=C(c5ccc(N(C)C)cc5)OC(C(C)(C)C)=C4)=C3[O-])=CC(C(C)(C)C)O2)cc1. The van der Waals surface area contributed by atoms with Crippen molar-refractivity contribution in [3.63, 3.8) is 0 Å². The molecule has 3 aliphatic rings. The van der Waals surface area contributed by atoms with E-state index in [2.05, 4.69) is 72.5 Å². The molecule has 0 radical (unpaired) electrons. The number of ketones is 1. The van der Waals surface area contributed by atoms with Crippen molar-refractivity contribution >= 4 is 28.7 Å². The number of Topliss-reactive ketones (excluding diaryl/α,β-unsaturated/α-hetero) is 1. The molecule has 1 atom stereocenters. The second-order valence-corrected chi connectivity index (χ2v) is 14.7. The largest absolute Gasteiger partial charge is 0.871 e. The monoisotopic (exact) mass is 631 g/mol. The second kappa shape index (κ2) is 12.8. The Balaban J connectivity index is 1.48. The first kappa shape index (κ1) is 33.6. The van der Waals surface area contributed by atoms with Crippen LogP contribution in [0, 0.1) is 10.8 Å². The first-order valence-corrected chi connectivity index (χ1v) is 16.3. The highest BCUT2D eigenvalue weighted by Gasteiger charge is 2.31. The van der Waals surface area contributed by atoms with Gasteiger partial charge < -0.3 is 24.4 Å². The number of nitrogens with zero attached hydrogens (tertiary/aromatic N) is 2. The predicted molar refractivity (Wildman–Crippen MR) is 191 cm³/mol. The van der Waals surface area contributed by atoms with Crippen molar-refractivity contribution in [3.8, 4) is 0 Å². The van der Waals surface area contributed by atoms with E-state index in [0.29, 0.717) is 11.5 Å². The first-order valence-electron chi connectivity index (χ1n) is 16.3. The van der Waals surface area contributed by atoms with Crippen LogP contribution in [0.1, 0.15) is 59.6 Å². The molecule has 2 aliphatic heterocycles. The lowest BCUT2D eigenvalue weighted by Crippen LogP contribution is -2.30. The van der Waals surface area contributed by atoms with Gasteiger partial charge in [-0.15, -0.1) is 0 Å². The summed E-state index contributed by atoms with van der Waals surface area (Å²) in [4.78, 5) is 17.7. The Morgan fingerprint density at radius 3 is 1.94 bits per heavy atom. The van der Waals surface area contributed by atoms with Gasteiger partial charge in [0, 0.05) is 72.2 Å². The van der Waals surface area contributed by atoms with Crippen molar-refractivity contribution in [2.45, 2.75) is 54.6 Å². The third kappa shape index (κ3) is 7.32. The fourth-order valence-electron chi connectivity index (χ4n) is 5.38. The van der Waals surface area contributed by atoms with Crippen molar-refractivity contribution in [2.75, 3.05) is 37.5 Å². The van der Waals surface area contributed by atoms with E-state index in [9.17, 15) is 9.90 Å². The highest BCUT2D eigenvalue weighted by molar-refractivity contribution is 6.21. The minimum absolute atomic E-state index is 0.177. The van der Waals surface area contributed by atoms with Gasteiger partial charge in [-0.25, -0.2) is 0 Å². The molecule has 6 nitrogen and oxygen atoms in total. The first-order chi connectivity index (χ1) is 22.0. The zero-order valence-corrected chi connectivity index (χ0v) is 29.4. The Kier molecular flexibility index (Phi) is 9.18. The number of benzene rings is 2. The molecule has 0 amide bonds. The quantitative estimate of drug-likeness (QED) is 0.289. The lowest BCUT2D eigenvalue weighted by atomic mass is 9.82. The number of carbonyl (C=O) groups excluding carboxylic acids is 1. The molecule has 0 fully saturated rings. The number of allylic oxidation sites excluding steroid dienone is 10. The maximum Gasteiger partial charge on any atom is 0.191 e. The number of hydrogen-bond acceptors (Lipinski definition) is 6. The van der Waals surface area contributed by atoms with Crippen LogP contribution in [0.5, 0.6) is 0 Å². The second-order valence-electron chi connectivity index (χ2n) is 14.7. The standard InChI is InChI=1S/C41H48N2O4/c1-11-43(10)31-18-14-29(15-19-31)35-23-27(25-37(47-35)41(5,6)7)21-33-38(44)32(39(33)45)20-26-22-34(46-36(24-26)40(2,3)4)28-12-16-30(17-13-28)42(8)9/h12-25,37,44H,11H2,1-10H3/p-1/b26-20+,33-21?. The van der Waals surface area contributed by atoms with Gasteiger partial charge in [0.15, 0.2) is 5.78 Å². The smallest absolute Gasteiger partial charge is 0.191 e. The van der Waals surface area contributed by atoms with Crippen molar-refractivity contribution in [1.29, 1.82) is 0 Å². The highest BCUT2D eigenvalue weighted by Crippen LogP contribution is 2.39. The summed E-state index contributed by atoms with van der Waals surface area (Å²) >= 11 is 0. The molecule has 47 heavy (non-hydrogen) atoms. The van der Waals surface area contributed by atoms with Crippen LogP contribution < -0.4 is 14.9 Å². The average Bonchev–Trinajstić information content (AvgIpc) is 3.04. The lowest BCUT2D eigenvalue weighted by molar-refractivity contribution is -0.300. The van der Waals surface area contributed by atoms with Crippen molar-refractivity contribution in [2.24, 2.45) is 10.8 Å². The number of hydrogen-bond donors (Lipinski definition) is 0. The topological polar surface area (TPSA) is 65.1 Å². The van der Waals surface area contributed by atoms with Crippen LogP contribution >= 0.6 is 0 Å². The van der Waals surface area contributed by atoms with Gasteiger partial charge in [-0.1, -0.05) is 47.3 Å². The Morgan fingerprint density at radius 2 is 1.40 bits per heavy atom. The van der Waals surface area contributed by atoms with Gasteiger partial charge in [0.25, 0.3) is 0 Å². The summed E-state index contributed by atoms with van der Waals surface area (Å²) < 4.78 is 12.8. The van der Waals surface area contributed by atoms with Crippen LogP contribution in [0.3, 0.4) is 0 Å². The summed E-state index contributed by atoms with van der Waals surface area (Å²) in [6, 6.07) is 16.4. The van der Waals surface area contributed by atoms with E-state index in [4.69, 9.17) is 9.47 Å². The van der Waals surface area contributed by atoms with E-state index in [1.807, 2.05) is 79.7 Å². The van der Waals surface area contributed by atoms with Crippen LogP contribution in [0.25, 0.3) is 11.5 Å². The van der Waals surface area contributed by atoms with Crippen molar-refractivity contribution in [1.82, 2.24) is 0 Å². The van der Waals surface area contributed by atoms with Gasteiger partial charge in [0.1, 0.15) is 23.4 Å². The van der Waals surface area contributed by atoms with Crippen LogP contribution in [0.2, 0.25) is 0 Å². The average molecular weight is 632 g/mol. The van der Waals surface area contributed by atoms with Crippen molar-refractivity contribution in [3.05, 3.63) is 130 Å². The minimum Gasteiger partial charge on any atom is -0.871 e. The van der Waals surface area contributed by atoms with Gasteiger partial charge >= 0.3 is 0 Å². The zero-order valence-electron chi connectivity index (χ0n) is 29.4. The number of anilines is 2. The molecular formula is C41H47N2O4-. The zero-order chi connectivity index (χ0) is 34.3. The molecule has 2 aromatic carbocycles. The van der Waals surface area contributed by atoms with Crippen molar-refractivity contribution < 1.29 is 19.4 Å². The molecule has 5 rings (SSSR count). The molecule has 0 N–H and O–H groups in total. The maximum absolute atomic E-state index is 13.5. The highest BCUT2D eigenvalue weighted by atomic mass is 16.5. The molecule has 1 aliphatic carbocycles. The third-order valence-corrected chi connectivity index (χ3v) is 8.64. The van der Waals surface area contributed by atoms with Crippen LogP contribution in [0.15, 0.2) is 119 Å². The Hall–Kier alpha value is -4.71. The lowest BCUT2D eigenvalue weighted by Gasteiger charge is -2.34. The number of ether oxygens (including phenoxy) is 2. The number of carbonyl (C=O) groups is 1. The minimum atomic E-state index is -0.277. The molecule has 0 saturated carbocycles. The Morgan fingerprint density at radius 1 is 0.809 bits per heavy atom. The van der Waals surface area contributed by atoms with E-state index in [-0.39, 0.29) is 39.6 Å². The summed E-state index contributed by atoms with van der Waals surface area (Å²) in [6.07, 6.45) is 10.9. The normalized spacial score (nSPS) is 20.1. The number of rotatable bonds is 7. The van der Waals surface area contributed by atoms with E-state index in [1.165, 1.54) is 0 Å². The summed E-state index contributed by atoms with van der Waals surface area (Å²) in [5.41, 5.74) is 5.50.